The van der Waals surface area contributed by atoms with E-state index in [0.29, 0.717) is 12.4 Å². The van der Waals surface area contributed by atoms with E-state index in [1.807, 2.05) is 0 Å². The number of aromatic nitrogens is 4. The maximum Gasteiger partial charge on any atom is 0.417 e. The number of hydrogen-bond donors (Lipinski definition) is 2. The minimum Gasteiger partial charge on any atom is -0.489 e. The molecule has 1 aliphatic carbocycles. The number of fused-ring (bicyclic) bond motifs is 4. The van der Waals surface area contributed by atoms with Crippen molar-refractivity contribution in [3.05, 3.63) is 82.8 Å². The number of methoxy groups -OCH3 is 1. The smallest absolute Gasteiger partial charge is 0.417 e. The van der Waals surface area contributed by atoms with Crippen LogP contribution < -0.4 is 15.4 Å². The summed E-state index contributed by atoms with van der Waals surface area (Å²) in [5, 5.41) is 10.1. The lowest BCUT2D eigenvalue weighted by atomic mass is 9.93. The van der Waals surface area contributed by atoms with Crippen molar-refractivity contribution < 1.29 is 41.0 Å². The number of imidazole rings is 1. The van der Waals surface area contributed by atoms with Crippen molar-refractivity contribution in [1.82, 2.24) is 24.6 Å². The molecule has 0 saturated heterocycles. The molecule has 0 atom stereocenters. The fraction of sp³-hybridized carbons (Fsp3) is 0.351. The van der Waals surface area contributed by atoms with Gasteiger partial charge in [0.15, 0.2) is 5.75 Å². The molecule has 52 heavy (non-hydrogen) atoms. The minimum absolute atomic E-state index is 0.0425. The molecule has 0 spiro atoms. The van der Waals surface area contributed by atoms with E-state index in [4.69, 9.17) is 9.47 Å². The van der Waals surface area contributed by atoms with E-state index < -0.39 is 46.3 Å². The molecular formula is C37H35F5N6O4. The fourth-order valence-electron chi connectivity index (χ4n) is 7.07. The van der Waals surface area contributed by atoms with E-state index in [2.05, 4.69) is 20.7 Å². The van der Waals surface area contributed by atoms with Crippen molar-refractivity contribution in [2.75, 3.05) is 25.6 Å². The van der Waals surface area contributed by atoms with Gasteiger partial charge in [-0.2, -0.15) is 18.3 Å². The number of amides is 1. The quantitative estimate of drug-likeness (QED) is 0.102. The van der Waals surface area contributed by atoms with Crippen LogP contribution in [0, 0.1) is 18.6 Å². The number of carbonyl (C=O) groups excluding carboxylic acids is 2. The first-order valence-electron chi connectivity index (χ1n) is 16.8. The van der Waals surface area contributed by atoms with Gasteiger partial charge in [-0.15, -0.1) is 0 Å². The molecule has 1 saturated carbocycles. The number of para-hydroxylation sites is 1. The van der Waals surface area contributed by atoms with E-state index in [9.17, 15) is 22.8 Å². The Morgan fingerprint density at radius 2 is 1.83 bits per heavy atom. The second-order valence-corrected chi connectivity index (χ2v) is 13.0. The van der Waals surface area contributed by atoms with Crippen molar-refractivity contribution in [2.24, 2.45) is 7.05 Å². The number of benzene rings is 3. The summed E-state index contributed by atoms with van der Waals surface area (Å²) in [6.45, 7) is 2.01. The first-order chi connectivity index (χ1) is 24.8. The molecular weight excluding hydrogens is 687 g/mol. The van der Waals surface area contributed by atoms with Crippen molar-refractivity contribution in [1.29, 1.82) is 0 Å². The summed E-state index contributed by atoms with van der Waals surface area (Å²) < 4.78 is 88.8. The van der Waals surface area contributed by atoms with Gasteiger partial charge >= 0.3 is 6.18 Å². The summed E-state index contributed by atoms with van der Waals surface area (Å²) in [6.07, 6.45) is 1.95. The number of nitrogens with one attached hydrogen (secondary N) is 2. The lowest BCUT2D eigenvalue weighted by Gasteiger charge is -2.27. The SMILES string of the molecule is COC1CCC(NC/C=C/C(=O)Nc2c(F)cc(C(=O)c3nn4c5c(cccc35)-c3c(C(F)(F)F)cc5c(nc(C)n5C)c3OCC4)cc2F)CC1. The fourth-order valence-corrected chi connectivity index (χ4v) is 7.07. The monoisotopic (exact) mass is 722 g/mol. The maximum absolute atomic E-state index is 15.3. The highest BCUT2D eigenvalue weighted by Crippen LogP contribution is 2.48. The molecule has 5 aromatic rings. The highest BCUT2D eigenvalue weighted by Gasteiger charge is 2.39. The molecule has 2 aliphatic rings. The number of hydrogen-bond acceptors (Lipinski definition) is 7. The zero-order valence-corrected chi connectivity index (χ0v) is 28.5. The van der Waals surface area contributed by atoms with E-state index >= 15 is 8.78 Å². The molecule has 2 N–H and O–H groups in total. The predicted octanol–water partition coefficient (Wildman–Crippen LogP) is 6.86. The molecule has 0 unspecified atom stereocenters. The van der Waals surface area contributed by atoms with Crippen LogP contribution in [0.1, 0.15) is 53.1 Å². The molecule has 15 heteroatoms. The summed E-state index contributed by atoms with van der Waals surface area (Å²) in [5.41, 5.74) is -1.72. The van der Waals surface area contributed by atoms with Gasteiger partial charge in [0.2, 0.25) is 11.7 Å². The number of anilines is 1. The normalized spacial score (nSPS) is 17.6. The number of alkyl halides is 3. The van der Waals surface area contributed by atoms with Gasteiger partial charge < -0.3 is 24.7 Å². The van der Waals surface area contributed by atoms with Crippen LogP contribution in [0.4, 0.5) is 27.6 Å². The number of nitrogens with zero attached hydrogens (tertiary/aromatic N) is 4. The van der Waals surface area contributed by atoms with Gasteiger partial charge in [-0.3, -0.25) is 14.3 Å². The third-order valence-electron chi connectivity index (χ3n) is 9.82. The molecule has 0 radical (unpaired) electrons. The summed E-state index contributed by atoms with van der Waals surface area (Å²) in [6, 6.07) is 7.36. The zero-order valence-electron chi connectivity index (χ0n) is 28.5. The van der Waals surface area contributed by atoms with Gasteiger partial charge in [0.1, 0.15) is 41.0 Å². The Morgan fingerprint density at radius 3 is 2.52 bits per heavy atom. The topological polar surface area (TPSA) is 112 Å². The molecule has 7 rings (SSSR count). The first-order valence-corrected chi connectivity index (χ1v) is 16.8. The third kappa shape index (κ3) is 6.43. The van der Waals surface area contributed by atoms with Crippen LogP contribution in [-0.2, 0) is 29.3 Å². The summed E-state index contributed by atoms with van der Waals surface area (Å²) in [5.74, 6) is -3.56. The Labute approximate surface area is 294 Å². The van der Waals surface area contributed by atoms with Crippen molar-refractivity contribution in [2.45, 2.75) is 57.5 Å². The highest BCUT2D eigenvalue weighted by molar-refractivity contribution is 6.17. The number of ketones is 1. The molecule has 1 amide bonds. The lowest BCUT2D eigenvalue weighted by Crippen LogP contribution is -2.35. The van der Waals surface area contributed by atoms with E-state index in [1.54, 1.807) is 31.7 Å². The van der Waals surface area contributed by atoms with Gasteiger partial charge in [-0.25, -0.2) is 13.8 Å². The Hall–Kier alpha value is -5.15. The standard InChI is InChI=1S/C37H35F5N6O4/c1-19-44-33-28(47(19)2)18-25(37(40,41)42)30-23-6-4-7-24-31(46-48(34(23)24)14-15-52-36(30)33)35(50)20-16-26(38)32(27(39)17-20)45-29(49)8-5-13-43-21-9-11-22(51-3)12-10-21/h4-8,16-18,21-22,43H,9-15H2,1-3H3,(H,45,49)/b8-5+. The van der Waals surface area contributed by atoms with Crippen LogP contribution in [0.5, 0.6) is 5.75 Å². The Kier molecular flexibility index (Phi) is 9.34. The molecule has 3 aromatic carbocycles. The van der Waals surface area contributed by atoms with E-state index in [-0.39, 0.29) is 69.8 Å². The third-order valence-corrected chi connectivity index (χ3v) is 9.82. The van der Waals surface area contributed by atoms with Crippen LogP contribution >= 0.6 is 0 Å². The van der Waals surface area contributed by atoms with Gasteiger partial charge in [0.25, 0.3) is 0 Å². The molecule has 0 bridgehead atoms. The maximum atomic E-state index is 15.3. The van der Waals surface area contributed by atoms with Crippen LogP contribution in [-0.4, -0.2) is 63.4 Å². The van der Waals surface area contributed by atoms with Crippen molar-refractivity contribution >= 4 is 39.3 Å². The number of carbonyl (C=O) groups is 2. The van der Waals surface area contributed by atoms with Crippen LogP contribution in [0.15, 0.2) is 48.6 Å². The van der Waals surface area contributed by atoms with Gasteiger partial charge in [-0.1, -0.05) is 24.3 Å². The number of halogens is 5. The van der Waals surface area contributed by atoms with Gasteiger partial charge in [0, 0.05) is 54.9 Å². The molecule has 2 aromatic heterocycles. The molecule has 1 aliphatic heterocycles. The molecule has 3 heterocycles. The Bertz CT molecular complexity index is 2230. The summed E-state index contributed by atoms with van der Waals surface area (Å²) >= 11 is 0. The predicted molar refractivity (Wildman–Crippen MR) is 183 cm³/mol. The zero-order chi connectivity index (χ0) is 36.9. The average Bonchev–Trinajstić information content (AvgIpc) is 3.62. The van der Waals surface area contributed by atoms with Crippen LogP contribution in [0.3, 0.4) is 0 Å². The first kappa shape index (κ1) is 35.3. The van der Waals surface area contributed by atoms with Crippen molar-refractivity contribution in [3.8, 4) is 16.9 Å². The Morgan fingerprint density at radius 1 is 1.10 bits per heavy atom. The minimum atomic E-state index is -4.78. The average molecular weight is 723 g/mol. The van der Waals surface area contributed by atoms with Crippen LogP contribution in [0.25, 0.3) is 33.1 Å². The summed E-state index contributed by atoms with van der Waals surface area (Å²) in [4.78, 5) is 30.8. The van der Waals surface area contributed by atoms with Crippen molar-refractivity contribution in [3.63, 3.8) is 0 Å². The Balaban J connectivity index is 1.17. The van der Waals surface area contributed by atoms with E-state index in [0.717, 1.165) is 43.9 Å². The lowest BCUT2D eigenvalue weighted by molar-refractivity contribution is -0.137. The van der Waals surface area contributed by atoms with Crippen LogP contribution in [0.2, 0.25) is 0 Å². The highest BCUT2D eigenvalue weighted by atomic mass is 19.4. The number of rotatable bonds is 8. The molecule has 272 valence electrons. The molecule has 1 fully saturated rings. The second-order valence-electron chi connectivity index (χ2n) is 13.0. The second kappa shape index (κ2) is 13.8. The van der Waals surface area contributed by atoms with E-state index in [1.165, 1.54) is 29.0 Å². The molecule has 10 nitrogen and oxygen atoms in total. The van der Waals surface area contributed by atoms with Gasteiger partial charge in [0.05, 0.1) is 29.2 Å². The number of aryl methyl sites for hydroxylation is 2. The summed E-state index contributed by atoms with van der Waals surface area (Å²) in [7, 11) is 3.31. The number of ether oxygens (including phenoxy) is 2. The van der Waals surface area contributed by atoms with Gasteiger partial charge in [-0.05, 0) is 50.8 Å². The largest absolute Gasteiger partial charge is 0.489 e.